The molecule has 116 valence electrons. The van der Waals surface area contributed by atoms with Crippen LogP contribution >= 0.6 is 0 Å². The molecule has 6 nitrogen and oxygen atoms in total. The number of benzene rings is 1. The van der Waals surface area contributed by atoms with Gasteiger partial charge in [-0.3, -0.25) is 4.79 Å². The molecule has 6 heteroatoms. The average molecular weight is 295 g/mol. The number of carboxylic acids is 1. The van der Waals surface area contributed by atoms with Crippen LogP contribution < -0.4 is 15.2 Å². The summed E-state index contributed by atoms with van der Waals surface area (Å²) in [7, 11) is 1.51. The van der Waals surface area contributed by atoms with Crippen molar-refractivity contribution in [2.24, 2.45) is 5.73 Å². The molecule has 1 aliphatic heterocycles. The Labute approximate surface area is 123 Å². The molecule has 1 heterocycles. The summed E-state index contributed by atoms with van der Waals surface area (Å²) in [5.41, 5.74) is 6.11. The van der Waals surface area contributed by atoms with E-state index in [0.717, 1.165) is 12.8 Å². The second-order valence-electron chi connectivity index (χ2n) is 4.93. The highest BCUT2D eigenvalue weighted by molar-refractivity contribution is 5.78. The van der Waals surface area contributed by atoms with Crippen LogP contribution in [0, 0.1) is 0 Å². The van der Waals surface area contributed by atoms with E-state index in [2.05, 4.69) is 0 Å². The molecule has 1 atom stereocenters. The molecule has 0 aliphatic carbocycles. The van der Waals surface area contributed by atoms with Gasteiger partial charge in [-0.25, -0.2) is 0 Å². The van der Waals surface area contributed by atoms with Gasteiger partial charge in [0.1, 0.15) is 6.10 Å². The molecule has 1 fully saturated rings. The minimum Gasteiger partial charge on any atom is -0.493 e. The van der Waals surface area contributed by atoms with Crippen LogP contribution in [0.15, 0.2) is 18.2 Å². The summed E-state index contributed by atoms with van der Waals surface area (Å²) >= 11 is 0. The minimum absolute atomic E-state index is 0.00636. The van der Waals surface area contributed by atoms with Crippen molar-refractivity contribution in [1.29, 1.82) is 0 Å². The third kappa shape index (κ3) is 3.65. The first kappa shape index (κ1) is 15.6. The molecule has 3 N–H and O–H groups in total. The zero-order chi connectivity index (χ0) is 15.2. The molecule has 1 aliphatic rings. The summed E-state index contributed by atoms with van der Waals surface area (Å²) in [4.78, 5) is 11.3. The van der Waals surface area contributed by atoms with Crippen LogP contribution in [-0.4, -0.2) is 44.0 Å². The zero-order valence-corrected chi connectivity index (χ0v) is 12.1. The highest BCUT2D eigenvalue weighted by atomic mass is 16.5. The number of carboxylic acid groups (broad SMARTS) is 1. The summed E-state index contributed by atoms with van der Waals surface area (Å²) in [5, 5.41) is 9.27. The quantitative estimate of drug-likeness (QED) is 0.824. The van der Waals surface area contributed by atoms with Crippen LogP contribution in [0.1, 0.15) is 24.3 Å². The standard InChI is InChI=1S/C15H21NO5/c1-19-14-11(12(9-16)15(17)18)3-2-4-13(14)21-10-5-7-20-8-6-10/h2-4,10,12H,5-9,16H2,1H3,(H,17,18). The number of hydrogen-bond acceptors (Lipinski definition) is 5. The number of hydrogen-bond donors (Lipinski definition) is 2. The molecule has 2 rings (SSSR count). The predicted octanol–water partition coefficient (Wildman–Crippen LogP) is 1.38. The SMILES string of the molecule is COc1c(OC2CCOCC2)cccc1C(CN)C(=O)O. The zero-order valence-electron chi connectivity index (χ0n) is 12.1. The highest BCUT2D eigenvalue weighted by Crippen LogP contribution is 2.36. The van der Waals surface area contributed by atoms with E-state index in [1.54, 1.807) is 18.2 Å². The maximum Gasteiger partial charge on any atom is 0.312 e. The molecule has 0 radical (unpaired) electrons. The van der Waals surface area contributed by atoms with Crippen LogP contribution in [0.4, 0.5) is 0 Å². The van der Waals surface area contributed by atoms with Gasteiger partial charge in [0.05, 0.1) is 26.2 Å². The number of ether oxygens (including phenoxy) is 3. The predicted molar refractivity (Wildman–Crippen MR) is 76.9 cm³/mol. The molecule has 1 aromatic rings. The summed E-state index contributed by atoms with van der Waals surface area (Å²) in [5.74, 6) is -0.777. The lowest BCUT2D eigenvalue weighted by atomic mass is 9.98. The van der Waals surface area contributed by atoms with Crippen LogP contribution in [0.2, 0.25) is 0 Å². The maximum absolute atomic E-state index is 11.3. The van der Waals surface area contributed by atoms with Crippen LogP contribution in [0.3, 0.4) is 0 Å². The first-order chi connectivity index (χ1) is 10.2. The van der Waals surface area contributed by atoms with Gasteiger partial charge in [-0.1, -0.05) is 12.1 Å². The Morgan fingerprint density at radius 1 is 1.48 bits per heavy atom. The van der Waals surface area contributed by atoms with Crippen molar-refractivity contribution in [2.45, 2.75) is 24.9 Å². The van der Waals surface area contributed by atoms with Gasteiger partial charge in [0.25, 0.3) is 0 Å². The van der Waals surface area contributed by atoms with Crippen LogP contribution in [0.25, 0.3) is 0 Å². The Kier molecular flexibility index (Phi) is 5.41. The average Bonchev–Trinajstić information content (AvgIpc) is 2.49. The third-order valence-electron chi connectivity index (χ3n) is 3.58. The highest BCUT2D eigenvalue weighted by Gasteiger charge is 2.25. The van der Waals surface area contributed by atoms with Crippen molar-refractivity contribution in [2.75, 3.05) is 26.9 Å². The Morgan fingerprint density at radius 3 is 2.76 bits per heavy atom. The molecule has 1 unspecified atom stereocenters. The first-order valence-corrected chi connectivity index (χ1v) is 7.01. The van der Waals surface area contributed by atoms with E-state index in [0.29, 0.717) is 30.3 Å². The molecule has 0 amide bonds. The number of nitrogens with two attached hydrogens (primary N) is 1. The van der Waals surface area contributed by atoms with E-state index < -0.39 is 11.9 Å². The lowest BCUT2D eigenvalue weighted by Crippen LogP contribution is -2.26. The van der Waals surface area contributed by atoms with Crippen molar-refractivity contribution in [3.63, 3.8) is 0 Å². The largest absolute Gasteiger partial charge is 0.493 e. The monoisotopic (exact) mass is 295 g/mol. The number of methoxy groups -OCH3 is 1. The van der Waals surface area contributed by atoms with Crippen LogP contribution in [0.5, 0.6) is 11.5 Å². The van der Waals surface area contributed by atoms with E-state index in [-0.39, 0.29) is 12.6 Å². The summed E-state index contributed by atoms with van der Waals surface area (Å²) in [6, 6.07) is 5.26. The van der Waals surface area contributed by atoms with Crippen molar-refractivity contribution in [3.05, 3.63) is 23.8 Å². The molecule has 0 bridgehead atoms. The fraction of sp³-hybridized carbons (Fsp3) is 0.533. The third-order valence-corrected chi connectivity index (χ3v) is 3.58. The topological polar surface area (TPSA) is 91.0 Å². The summed E-state index contributed by atoms with van der Waals surface area (Å²) in [6.07, 6.45) is 1.68. The summed E-state index contributed by atoms with van der Waals surface area (Å²) < 4.78 is 16.6. The van der Waals surface area contributed by atoms with Crippen LogP contribution in [-0.2, 0) is 9.53 Å². The Bertz CT molecular complexity index is 485. The van der Waals surface area contributed by atoms with Crippen molar-refractivity contribution >= 4 is 5.97 Å². The molecular weight excluding hydrogens is 274 g/mol. The van der Waals surface area contributed by atoms with E-state index in [4.69, 9.17) is 19.9 Å². The van der Waals surface area contributed by atoms with Gasteiger partial charge in [0.2, 0.25) is 0 Å². The van der Waals surface area contributed by atoms with Gasteiger partial charge in [0.15, 0.2) is 11.5 Å². The second kappa shape index (κ2) is 7.28. The number of aliphatic carboxylic acids is 1. The van der Waals surface area contributed by atoms with E-state index in [1.165, 1.54) is 7.11 Å². The number of carbonyl (C=O) groups is 1. The van der Waals surface area contributed by atoms with E-state index >= 15 is 0 Å². The maximum atomic E-state index is 11.3. The second-order valence-corrected chi connectivity index (χ2v) is 4.93. The lowest BCUT2D eigenvalue weighted by Gasteiger charge is -2.25. The molecule has 1 saturated heterocycles. The van der Waals surface area contributed by atoms with Gasteiger partial charge in [-0.15, -0.1) is 0 Å². The Hall–Kier alpha value is -1.79. The smallest absolute Gasteiger partial charge is 0.312 e. The van der Waals surface area contributed by atoms with E-state index in [9.17, 15) is 9.90 Å². The van der Waals surface area contributed by atoms with Gasteiger partial charge in [0, 0.05) is 24.9 Å². The first-order valence-electron chi connectivity index (χ1n) is 7.01. The fourth-order valence-electron chi connectivity index (χ4n) is 2.45. The summed E-state index contributed by atoms with van der Waals surface area (Å²) in [6.45, 7) is 1.35. The number of rotatable bonds is 6. The van der Waals surface area contributed by atoms with Gasteiger partial charge in [-0.2, -0.15) is 0 Å². The van der Waals surface area contributed by atoms with Gasteiger partial charge < -0.3 is 25.1 Å². The van der Waals surface area contributed by atoms with Gasteiger partial charge in [-0.05, 0) is 6.07 Å². The van der Waals surface area contributed by atoms with E-state index in [1.807, 2.05) is 0 Å². The molecular formula is C15H21NO5. The lowest BCUT2D eigenvalue weighted by molar-refractivity contribution is -0.138. The molecule has 21 heavy (non-hydrogen) atoms. The van der Waals surface area contributed by atoms with Crippen molar-refractivity contribution in [3.8, 4) is 11.5 Å². The minimum atomic E-state index is -0.973. The molecule has 0 aromatic heterocycles. The normalized spacial score (nSPS) is 17.2. The molecule has 0 spiro atoms. The number of para-hydroxylation sites is 1. The fourth-order valence-corrected chi connectivity index (χ4v) is 2.45. The Balaban J connectivity index is 2.27. The molecule has 0 saturated carbocycles. The van der Waals surface area contributed by atoms with Crippen molar-refractivity contribution < 1.29 is 24.1 Å². The molecule has 1 aromatic carbocycles. The Morgan fingerprint density at radius 2 is 2.19 bits per heavy atom. The van der Waals surface area contributed by atoms with Crippen molar-refractivity contribution in [1.82, 2.24) is 0 Å². The van der Waals surface area contributed by atoms with Gasteiger partial charge >= 0.3 is 5.97 Å².